The third-order valence-electron chi connectivity index (χ3n) is 2.89. The second-order valence-corrected chi connectivity index (χ2v) is 4.00. The van der Waals surface area contributed by atoms with Crippen molar-refractivity contribution in [1.82, 2.24) is 0 Å². The molecule has 2 nitrogen and oxygen atoms in total. The molecule has 1 fully saturated rings. The van der Waals surface area contributed by atoms with Crippen LogP contribution < -0.4 is 0 Å². The maximum atomic E-state index is 11.0. The molecule has 2 heteroatoms. The van der Waals surface area contributed by atoms with Crippen LogP contribution in [0.2, 0.25) is 0 Å². The zero-order chi connectivity index (χ0) is 9.19. The van der Waals surface area contributed by atoms with Gasteiger partial charge in [0.25, 0.3) is 0 Å². The molecule has 0 bridgehead atoms. The minimum atomic E-state index is -0.174. The van der Waals surface area contributed by atoms with Crippen molar-refractivity contribution < 1.29 is 9.53 Å². The first-order valence-corrected chi connectivity index (χ1v) is 4.80. The van der Waals surface area contributed by atoms with Gasteiger partial charge in [-0.05, 0) is 19.8 Å². The Morgan fingerprint density at radius 1 is 1.67 bits per heavy atom. The second-order valence-electron chi connectivity index (χ2n) is 4.00. The maximum absolute atomic E-state index is 11.0. The summed E-state index contributed by atoms with van der Waals surface area (Å²) in [6.07, 6.45) is 3.92. The fourth-order valence-corrected chi connectivity index (χ4v) is 1.69. The molecule has 0 saturated carbocycles. The van der Waals surface area contributed by atoms with Gasteiger partial charge in [-0.1, -0.05) is 20.3 Å². The Morgan fingerprint density at radius 2 is 2.33 bits per heavy atom. The zero-order valence-electron chi connectivity index (χ0n) is 8.22. The number of hydrogen-bond donors (Lipinski definition) is 0. The summed E-state index contributed by atoms with van der Waals surface area (Å²) in [5.74, 6) is 0.359. The fraction of sp³-hybridized carbons (Fsp3) is 0.900. The van der Waals surface area contributed by atoms with E-state index in [9.17, 15) is 4.79 Å². The van der Waals surface area contributed by atoms with Gasteiger partial charge in [0.2, 0.25) is 0 Å². The molecule has 0 spiro atoms. The second kappa shape index (κ2) is 3.46. The van der Waals surface area contributed by atoms with E-state index in [2.05, 4.69) is 20.8 Å². The topological polar surface area (TPSA) is 26.3 Å². The lowest BCUT2D eigenvalue weighted by atomic mass is 9.86. The molecule has 0 aromatic rings. The van der Waals surface area contributed by atoms with Crippen LogP contribution in [0, 0.1) is 5.92 Å². The van der Waals surface area contributed by atoms with E-state index >= 15 is 0 Å². The summed E-state index contributed by atoms with van der Waals surface area (Å²) < 4.78 is 5.32. The average molecular weight is 170 g/mol. The van der Waals surface area contributed by atoms with Crippen LogP contribution in [0.3, 0.4) is 0 Å². The number of hydrogen-bond acceptors (Lipinski definition) is 2. The van der Waals surface area contributed by atoms with Gasteiger partial charge in [0.1, 0.15) is 5.60 Å². The largest absolute Gasteiger partial charge is 0.459 e. The van der Waals surface area contributed by atoms with Crippen molar-refractivity contribution in [3.63, 3.8) is 0 Å². The van der Waals surface area contributed by atoms with E-state index in [1.54, 1.807) is 0 Å². The number of esters is 1. The highest BCUT2D eigenvalue weighted by molar-refractivity contribution is 5.72. The highest BCUT2D eigenvalue weighted by Gasteiger charge is 2.41. The lowest BCUT2D eigenvalue weighted by molar-refractivity contribution is -0.148. The molecule has 70 valence electrons. The SMILES string of the molecule is CCCCC1(C)OC(=O)CC1C. The molecule has 12 heavy (non-hydrogen) atoms. The number of carbonyl (C=O) groups is 1. The van der Waals surface area contributed by atoms with E-state index in [0.717, 1.165) is 12.8 Å². The molecule has 2 atom stereocenters. The zero-order valence-corrected chi connectivity index (χ0v) is 8.22. The predicted octanol–water partition coefficient (Wildman–Crippen LogP) is 2.52. The van der Waals surface area contributed by atoms with E-state index in [4.69, 9.17) is 4.74 Å². The molecule has 2 unspecified atom stereocenters. The summed E-state index contributed by atoms with van der Waals surface area (Å²) in [5, 5.41) is 0. The van der Waals surface area contributed by atoms with Crippen LogP contribution in [0.5, 0.6) is 0 Å². The summed E-state index contributed by atoms with van der Waals surface area (Å²) >= 11 is 0. The highest BCUT2D eigenvalue weighted by atomic mass is 16.6. The molecule has 0 aromatic heterocycles. The number of ether oxygens (including phenoxy) is 1. The Kier molecular flexibility index (Phi) is 2.76. The van der Waals surface area contributed by atoms with E-state index in [0.29, 0.717) is 12.3 Å². The number of cyclic esters (lactones) is 1. The van der Waals surface area contributed by atoms with Crippen LogP contribution in [0.25, 0.3) is 0 Å². The first-order valence-electron chi connectivity index (χ1n) is 4.80. The Bertz CT molecular complexity index is 177. The van der Waals surface area contributed by atoms with Crippen LogP contribution in [0.4, 0.5) is 0 Å². The first-order chi connectivity index (χ1) is 5.58. The smallest absolute Gasteiger partial charge is 0.306 e. The van der Waals surface area contributed by atoms with E-state index < -0.39 is 0 Å². The van der Waals surface area contributed by atoms with Crippen LogP contribution in [-0.4, -0.2) is 11.6 Å². The molecule has 0 radical (unpaired) electrons. The van der Waals surface area contributed by atoms with Gasteiger partial charge in [-0.2, -0.15) is 0 Å². The summed E-state index contributed by atoms with van der Waals surface area (Å²) in [6.45, 7) is 6.31. The van der Waals surface area contributed by atoms with Crippen molar-refractivity contribution in [2.45, 2.75) is 52.1 Å². The number of rotatable bonds is 3. The van der Waals surface area contributed by atoms with Crippen molar-refractivity contribution in [2.75, 3.05) is 0 Å². The van der Waals surface area contributed by atoms with Gasteiger partial charge in [0, 0.05) is 5.92 Å². The van der Waals surface area contributed by atoms with Crippen LogP contribution >= 0.6 is 0 Å². The quantitative estimate of drug-likeness (QED) is 0.608. The minimum Gasteiger partial charge on any atom is -0.459 e. The Hall–Kier alpha value is -0.530. The molecular formula is C10H18O2. The van der Waals surface area contributed by atoms with E-state index in [1.165, 1.54) is 6.42 Å². The van der Waals surface area contributed by atoms with Gasteiger partial charge in [-0.3, -0.25) is 4.79 Å². The predicted molar refractivity (Wildman–Crippen MR) is 47.8 cm³/mol. The van der Waals surface area contributed by atoms with Crippen LogP contribution in [-0.2, 0) is 9.53 Å². The molecule has 1 aliphatic rings. The lowest BCUT2D eigenvalue weighted by Crippen LogP contribution is -2.29. The van der Waals surface area contributed by atoms with Crippen molar-refractivity contribution >= 4 is 5.97 Å². The normalized spacial score (nSPS) is 35.2. The Balaban J connectivity index is 2.52. The molecule has 1 saturated heterocycles. The van der Waals surface area contributed by atoms with Gasteiger partial charge in [0.15, 0.2) is 0 Å². The minimum absolute atomic E-state index is 0.0268. The first kappa shape index (κ1) is 9.56. The van der Waals surface area contributed by atoms with Crippen molar-refractivity contribution in [3.05, 3.63) is 0 Å². The van der Waals surface area contributed by atoms with Gasteiger partial charge in [0.05, 0.1) is 6.42 Å². The molecule has 0 aliphatic carbocycles. The van der Waals surface area contributed by atoms with E-state index in [-0.39, 0.29) is 11.6 Å². The van der Waals surface area contributed by atoms with Crippen LogP contribution in [0.1, 0.15) is 46.5 Å². The molecular weight excluding hydrogens is 152 g/mol. The summed E-state index contributed by atoms with van der Waals surface area (Å²) in [4.78, 5) is 11.0. The van der Waals surface area contributed by atoms with Gasteiger partial charge in [-0.15, -0.1) is 0 Å². The molecule has 1 rings (SSSR count). The molecule has 0 N–H and O–H groups in total. The molecule has 1 heterocycles. The molecule has 0 amide bonds. The highest BCUT2D eigenvalue weighted by Crippen LogP contribution is 2.36. The van der Waals surface area contributed by atoms with Crippen molar-refractivity contribution in [3.8, 4) is 0 Å². The summed E-state index contributed by atoms with van der Waals surface area (Å²) in [7, 11) is 0. The van der Waals surface area contributed by atoms with Gasteiger partial charge < -0.3 is 4.74 Å². The van der Waals surface area contributed by atoms with Crippen LogP contribution in [0.15, 0.2) is 0 Å². The fourth-order valence-electron chi connectivity index (χ4n) is 1.69. The van der Waals surface area contributed by atoms with Gasteiger partial charge in [-0.25, -0.2) is 0 Å². The van der Waals surface area contributed by atoms with Crippen molar-refractivity contribution in [1.29, 1.82) is 0 Å². The maximum Gasteiger partial charge on any atom is 0.306 e. The molecule has 0 aromatic carbocycles. The molecule has 1 aliphatic heterocycles. The van der Waals surface area contributed by atoms with E-state index in [1.807, 2.05) is 0 Å². The number of carbonyl (C=O) groups excluding carboxylic acids is 1. The Labute approximate surface area is 74.3 Å². The van der Waals surface area contributed by atoms with Crippen molar-refractivity contribution in [2.24, 2.45) is 5.92 Å². The Morgan fingerprint density at radius 3 is 2.75 bits per heavy atom. The standard InChI is InChI=1S/C10H18O2/c1-4-5-6-10(3)8(2)7-9(11)12-10/h8H,4-7H2,1-3H3. The van der Waals surface area contributed by atoms with Gasteiger partial charge >= 0.3 is 5.97 Å². The summed E-state index contributed by atoms with van der Waals surface area (Å²) in [5.41, 5.74) is -0.174. The third-order valence-corrected chi connectivity index (χ3v) is 2.89. The lowest BCUT2D eigenvalue weighted by Gasteiger charge is -2.26. The average Bonchev–Trinajstić information content (AvgIpc) is 2.23. The third kappa shape index (κ3) is 1.79. The monoisotopic (exact) mass is 170 g/mol. The number of unbranched alkanes of at least 4 members (excludes halogenated alkanes) is 1. The summed E-state index contributed by atoms with van der Waals surface area (Å²) in [6, 6.07) is 0.